The van der Waals surface area contributed by atoms with Crippen molar-refractivity contribution >= 4 is 21.9 Å². The lowest BCUT2D eigenvalue weighted by Crippen LogP contribution is -2.26. The summed E-state index contributed by atoms with van der Waals surface area (Å²) in [7, 11) is 0. The minimum atomic E-state index is 0.0479. The Bertz CT molecular complexity index is 656. The first kappa shape index (κ1) is 13.3. The fourth-order valence-corrected chi connectivity index (χ4v) is 2.90. The number of fused-ring (bicyclic) bond motifs is 1. The second-order valence-electron chi connectivity index (χ2n) is 5.28. The van der Waals surface area contributed by atoms with Crippen molar-refractivity contribution < 1.29 is 0 Å². The lowest BCUT2D eigenvalue weighted by Gasteiger charge is -2.29. The normalized spacial score (nSPS) is 18.1. The highest BCUT2D eigenvalue weighted by Gasteiger charge is 2.29. The summed E-state index contributed by atoms with van der Waals surface area (Å²) in [6, 6.07) is 8.35. The van der Waals surface area contributed by atoms with Gasteiger partial charge < -0.3 is 5.32 Å². The molecule has 0 radical (unpaired) electrons. The average Bonchev–Trinajstić information content (AvgIpc) is 2.87. The van der Waals surface area contributed by atoms with Crippen molar-refractivity contribution in [3.8, 4) is 0 Å². The summed E-state index contributed by atoms with van der Waals surface area (Å²) < 4.78 is 2.91. The molecule has 0 saturated heterocycles. The standard InChI is InChI=1S/C14H16BrN5/c1-8(2)12-9(3)13(10-4-6-11(15)7-5-10)20-14(16-12)17-18-19-20/h4-8,13H,1-3H3,(H,16,17,19)/t13-/m1/s1. The van der Waals surface area contributed by atoms with Crippen molar-refractivity contribution in [2.75, 3.05) is 5.32 Å². The second-order valence-corrected chi connectivity index (χ2v) is 6.19. The van der Waals surface area contributed by atoms with Crippen LogP contribution in [0.4, 0.5) is 5.95 Å². The molecule has 0 aliphatic carbocycles. The molecule has 2 aromatic rings. The Hall–Kier alpha value is -1.69. The highest BCUT2D eigenvalue weighted by Crippen LogP contribution is 2.36. The van der Waals surface area contributed by atoms with Crippen molar-refractivity contribution in [1.82, 2.24) is 20.2 Å². The lowest BCUT2D eigenvalue weighted by molar-refractivity contribution is 0.541. The van der Waals surface area contributed by atoms with E-state index < -0.39 is 0 Å². The predicted molar refractivity (Wildman–Crippen MR) is 81.3 cm³/mol. The van der Waals surface area contributed by atoms with Crippen LogP contribution in [0.1, 0.15) is 32.4 Å². The van der Waals surface area contributed by atoms with Gasteiger partial charge in [-0.05, 0) is 46.5 Å². The second kappa shape index (κ2) is 5.01. The maximum absolute atomic E-state index is 4.13. The van der Waals surface area contributed by atoms with Crippen LogP contribution in [0.25, 0.3) is 0 Å². The summed E-state index contributed by atoms with van der Waals surface area (Å²) in [4.78, 5) is 0. The summed E-state index contributed by atoms with van der Waals surface area (Å²) >= 11 is 3.47. The van der Waals surface area contributed by atoms with Crippen molar-refractivity contribution in [2.45, 2.75) is 26.8 Å². The monoisotopic (exact) mass is 333 g/mol. The molecule has 6 heteroatoms. The highest BCUT2D eigenvalue weighted by molar-refractivity contribution is 9.10. The highest BCUT2D eigenvalue weighted by atomic mass is 79.9. The molecule has 20 heavy (non-hydrogen) atoms. The molecule has 104 valence electrons. The van der Waals surface area contributed by atoms with E-state index in [4.69, 9.17) is 0 Å². The first-order chi connectivity index (χ1) is 9.58. The van der Waals surface area contributed by atoms with Crippen molar-refractivity contribution in [3.63, 3.8) is 0 Å². The Balaban J connectivity index is 2.14. The van der Waals surface area contributed by atoms with Crippen molar-refractivity contribution in [1.29, 1.82) is 0 Å². The SMILES string of the molecule is CC1=C(C(C)C)Nc2nnnn2[C@H]1c1ccc(Br)cc1. The number of halogens is 1. The number of nitrogens with zero attached hydrogens (tertiary/aromatic N) is 4. The van der Waals surface area contributed by atoms with Gasteiger partial charge in [-0.25, -0.2) is 0 Å². The number of benzene rings is 1. The Morgan fingerprint density at radius 2 is 1.95 bits per heavy atom. The number of hydrogen-bond donors (Lipinski definition) is 1. The molecule has 0 unspecified atom stereocenters. The molecular formula is C14H16BrN5. The molecule has 0 spiro atoms. The third kappa shape index (κ3) is 2.14. The summed E-state index contributed by atoms with van der Waals surface area (Å²) in [6.45, 7) is 6.48. The number of allylic oxidation sites excluding steroid dienone is 2. The van der Waals surface area contributed by atoms with Crippen LogP contribution in [0.3, 0.4) is 0 Å². The molecule has 1 atom stereocenters. The number of anilines is 1. The van der Waals surface area contributed by atoms with Gasteiger partial charge in [0.25, 0.3) is 0 Å². The molecule has 0 amide bonds. The molecule has 0 fully saturated rings. The van der Waals surface area contributed by atoms with Crippen LogP contribution >= 0.6 is 15.9 Å². The van der Waals surface area contributed by atoms with E-state index in [9.17, 15) is 0 Å². The molecule has 0 saturated carbocycles. The van der Waals surface area contributed by atoms with Gasteiger partial charge in [-0.2, -0.15) is 4.68 Å². The predicted octanol–water partition coefficient (Wildman–Crippen LogP) is 3.38. The summed E-state index contributed by atoms with van der Waals surface area (Å²) in [5.41, 5.74) is 3.63. The van der Waals surface area contributed by atoms with E-state index in [1.807, 2.05) is 16.8 Å². The zero-order valence-electron chi connectivity index (χ0n) is 11.6. The molecule has 5 nitrogen and oxygen atoms in total. The Morgan fingerprint density at radius 1 is 1.25 bits per heavy atom. The number of hydrogen-bond acceptors (Lipinski definition) is 4. The molecule has 1 N–H and O–H groups in total. The largest absolute Gasteiger partial charge is 0.326 e. The van der Waals surface area contributed by atoms with Crippen LogP contribution in [0.5, 0.6) is 0 Å². The zero-order valence-corrected chi connectivity index (χ0v) is 13.2. The summed E-state index contributed by atoms with van der Waals surface area (Å²) in [6.07, 6.45) is 0. The Labute approximate surface area is 126 Å². The smallest absolute Gasteiger partial charge is 0.248 e. The fraction of sp³-hybridized carbons (Fsp3) is 0.357. The lowest BCUT2D eigenvalue weighted by atomic mass is 9.93. The number of nitrogens with one attached hydrogen (secondary N) is 1. The van der Waals surface area contributed by atoms with Crippen molar-refractivity contribution in [3.05, 3.63) is 45.6 Å². The molecule has 0 bridgehead atoms. The summed E-state index contributed by atoms with van der Waals surface area (Å²) in [5, 5.41) is 15.3. The van der Waals surface area contributed by atoms with Gasteiger partial charge >= 0.3 is 0 Å². The maximum Gasteiger partial charge on any atom is 0.248 e. The molecule has 1 aromatic heterocycles. The molecular weight excluding hydrogens is 318 g/mol. The third-order valence-corrected chi connectivity index (χ3v) is 4.11. The van der Waals surface area contributed by atoms with Gasteiger partial charge in [0.2, 0.25) is 5.95 Å². The van der Waals surface area contributed by atoms with Crippen LogP contribution < -0.4 is 5.32 Å². The van der Waals surface area contributed by atoms with E-state index in [2.05, 4.69) is 69.7 Å². The van der Waals surface area contributed by atoms with E-state index in [0.29, 0.717) is 11.9 Å². The van der Waals surface area contributed by atoms with Crippen LogP contribution in [0.15, 0.2) is 40.0 Å². The van der Waals surface area contributed by atoms with Crippen LogP contribution in [0, 0.1) is 5.92 Å². The minimum Gasteiger partial charge on any atom is -0.326 e. The number of tetrazole rings is 1. The molecule has 1 aromatic carbocycles. The van der Waals surface area contributed by atoms with Crippen LogP contribution in [-0.2, 0) is 0 Å². The first-order valence-corrected chi connectivity index (χ1v) is 7.38. The van der Waals surface area contributed by atoms with Gasteiger partial charge in [0.05, 0.1) is 0 Å². The Kier molecular flexibility index (Phi) is 3.33. The maximum atomic E-state index is 4.13. The van der Waals surface area contributed by atoms with Gasteiger partial charge in [-0.1, -0.05) is 47.0 Å². The third-order valence-electron chi connectivity index (χ3n) is 3.58. The zero-order chi connectivity index (χ0) is 14.3. The Morgan fingerprint density at radius 3 is 2.60 bits per heavy atom. The van der Waals surface area contributed by atoms with Crippen LogP contribution in [-0.4, -0.2) is 20.2 Å². The quantitative estimate of drug-likeness (QED) is 0.915. The van der Waals surface area contributed by atoms with E-state index in [1.165, 1.54) is 16.8 Å². The van der Waals surface area contributed by atoms with Gasteiger partial charge in [0.1, 0.15) is 6.04 Å². The van der Waals surface area contributed by atoms with Gasteiger partial charge in [-0.15, -0.1) is 0 Å². The summed E-state index contributed by atoms with van der Waals surface area (Å²) in [5.74, 6) is 1.10. The van der Waals surface area contributed by atoms with Gasteiger partial charge in [0.15, 0.2) is 0 Å². The van der Waals surface area contributed by atoms with E-state index in [0.717, 1.165) is 4.47 Å². The molecule has 3 rings (SSSR count). The van der Waals surface area contributed by atoms with Crippen molar-refractivity contribution in [2.24, 2.45) is 5.92 Å². The fourth-order valence-electron chi connectivity index (χ4n) is 2.64. The molecule has 1 aliphatic rings. The van der Waals surface area contributed by atoms with E-state index in [-0.39, 0.29) is 6.04 Å². The van der Waals surface area contributed by atoms with E-state index >= 15 is 0 Å². The van der Waals surface area contributed by atoms with Crippen LogP contribution in [0.2, 0.25) is 0 Å². The minimum absolute atomic E-state index is 0.0479. The molecule has 1 aliphatic heterocycles. The van der Waals surface area contributed by atoms with Gasteiger partial charge in [0, 0.05) is 10.2 Å². The molecule has 2 heterocycles. The first-order valence-electron chi connectivity index (χ1n) is 6.59. The topological polar surface area (TPSA) is 55.6 Å². The van der Waals surface area contributed by atoms with E-state index in [1.54, 1.807) is 0 Å². The average molecular weight is 334 g/mol. The van der Waals surface area contributed by atoms with Gasteiger partial charge in [-0.3, -0.25) is 0 Å². The number of rotatable bonds is 2. The number of aromatic nitrogens is 4.